The molecule has 0 aromatic carbocycles. The summed E-state index contributed by atoms with van der Waals surface area (Å²) in [4.78, 5) is 20.7. The lowest BCUT2D eigenvalue weighted by Gasteiger charge is -2.18. The molecule has 1 saturated carbocycles. The van der Waals surface area contributed by atoms with Crippen LogP contribution in [0.5, 0.6) is 0 Å². The predicted molar refractivity (Wildman–Crippen MR) is 88.6 cm³/mol. The van der Waals surface area contributed by atoms with Gasteiger partial charge in [-0.15, -0.1) is 0 Å². The summed E-state index contributed by atoms with van der Waals surface area (Å²) in [5, 5.41) is 3.57. The van der Waals surface area contributed by atoms with Crippen molar-refractivity contribution in [2.75, 3.05) is 5.32 Å². The third-order valence-electron chi connectivity index (χ3n) is 4.27. The van der Waals surface area contributed by atoms with Gasteiger partial charge < -0.3 is 11.1 Å². The van der Waals surface area contributed by atoms with E-state index in [1.54, 1.807) is 6.20 Å². The maximum absolute atomic E-state index is 11.9. The number of carbonyl (C=O) groups is 1. The molecule has 2 aromatic heterocycles. The van der Waals surface area contributed by atoms with Crippen molar-refractivity contribution in [3.63, 3.8) is 0 Å². The lowest BCUT2D eigenvalue weighted by Crippen LogP contribution is -2.21. The molecule has 2 heterocycles. The molecule has 0 radical (unpaired) electrons. The van der Waals surface area contributed by atoms with Gasteiger partial charge in [0, 0.05) is 23.7 Å². The number of amides is 1. The van der Waals surface area contributed by atoms with Gasteiger partial charge in [-0.25, -0.2) is 4.98 Å². The smallest absolute Gasteiger partial charge is 0.229 e. The Morgan fingerprint density at radius 2 is 2.23 bits per heavy atom. The molecule has 1 atom stereocenters. The van der Waals surface area contributed by atoms with Crippen LogP contribution in [0.1, 0.15) is 37.7 Å². The number of nitrogens with one attached hydrogen (secondary N) is 1. The Morgan fingerprint density at radius 3 is 2.95 bits per heavy atom. The fraction of sp³-hybridized carbons (Fsp3) is 0.438. The van der Waals surface area contributed by atoms with E-state index >= 15 is 0 Å². The van der Waals surface area contributed by atoms with E-state index in [0.717, 1.165) is 36.8 Å². The molecule has 1 unspecified atom stereocenters. The lowest BCUT2D eigenvalue weighted by molar-refractivity contribution is -0.117. The maximum atomic E-state index is 11.9. The first-order valence-corrected chi connectivity index (χ1v) is 8.54. The molecule has 2 aliphatic carbocycles. The van der Waals surface area contributed by atoms with Crippen LogP contribution in [-0.2, 0) is 4.79 Å². The van der Waals surface area contributed by atoms with E-state index in [1.165, 1.54) is 22.5 Å². The number of fused-ring (bicyclic) bond motifs is 1. The Morgan fingerprint density at radius 1 is 1.36 bits per heavy atom. The highest BCUT2D eigenvalue weighted by Gasteiger charge is 2.30. The van der Waals surface area contributed by atoms with Gasteiger partial charge in [-0.1, -0.05) is 17.4 Å². The molecule has 2 aromatic rings. The number of anilines is 1. The average Bonchev–Trinajstić information content (AvgIpc) is 3.28. The minimum Gasteiger partial charge on any atom is -0.327 e. The number of nitrogens with zero attached hydrogens (tertiary/aromatic N) is 2. The molecule has 3 N–H and O–H groups in total. The van der Waals surface area contributed by atoms with Crippen molar-refractivity contribution in [1.29, 1.82) is 0 Å². The monoisotopic (exact) mass is 314 g/mol. The molecule has 1 fully saturated rings. The largest absolute Gasteiger partial charge is 0.327 e. The topological polar surface area (TPSA) is 80.9 Å². The second kappa shape index (κ2) is 5.44. The highest BCUT2D eigenvalue weighted by Crippen LogP contribution is 2.36. The van der Waals surface area contributed by atoms with Crippen LogP contribution < -0.4 is 11.1 Å². The Labute approximate surface area is 132 Å². The Hall–Kier alpha value is -1.79. The third kappa shape index (κ3) is 2.64. The van der Waals surface area contributed by atoms with Crippen molar-refractivity contribution >= 4 is 38.3 Å². The van der Waals surface area contributed by atoms with Crippen LogP contribution in [0, 0.1) is 5.92 Å². The van der Waals surface area contributed by atoms with E-state index in [-0.39, 0.29) is 17.9 Å². The molecule has 1 amide bonds. The fourth-order valence-electron chi connectivity index (χ4n) is 2.79. The van der Waals surface area contributed by atoms with Crippen LogP contribution in [0.15, 0.2) is 18.3 Å². The molecular formula is C16H18N4OS. The third-order valence-corrected chi connectivity index (χ3v) is 5.26. The quantitative estimate of drug-likeness (QED) is 0.912. The first-order chi connectivity index (χ1) is 10.7. The van der Waals surface area contributed by atoms with Crippen molar-refractivity contribution in [3.8, 4) is 0 Å². The number of allylic oxidation sites excluding steroid dienone is 1. The molecule has 2 aliphatic rings. The summed E-state index contributed by atoms with van der Waals surface area (Å²) >= 11 is 1.51. The first-order valence-electron chi connectivity index (χ1n) is 7.72. The fourth-order valence-corrected chi connectivity index (χ4v) is 3.77. The zero-order valence-corrected chi connectivity index (χ0v) is 13.0. The lowest BCUT2D eigenvalue weighted by atomic mass is 9.91. The van der Waals surface area contributed by atoms with Gasteiger partial charge in [-0.2, -0.15) is 4.98 Å². The summed E-state index contributed by atoms with van der Waals surface area (Å²) in [6.07, 6.45) is 8.93. The van der Waals surface area contributed by atoms with E-state index < -0.39 is 0 Å². The van der Waals surface area contributed by atoms with Gasteiger partial charge in [-0.05, 0) is 43.7 Å². The Bertz CT molecular complexity index is 763. The van der Waals surface area contributed by atoms with E-state index in [9.17, 15) is 4.79 Å². The normalized spacial score (nSPS) is 21.7. The van der Waals surface area contributed by atoms with Crippen molar-refractivity contribution in [2.24, 2.45) is 11.7 Å². The molecule has 4 rings (SSSR count). The summed E-state index contributed by atoms with van der Waals surface area (Å²) in [7, 11) is 0. The number of hydrogen-bond donors (Lipinski definition) is 2. The second-order valence-electron chi connectivity index (χ2n) is 6.06. The van der Waals surface area contributed by atoms with Crippen LogP contribution in [0.4, 0.5) is 5.13 Å². The molecule has 22 heavy (non-hydrogen) atoms. The standard InChI is InChI=1S/C16H18N4OS/c17-11-5-3-9(4-6-11)12-7-8-18-14-13(12)22-16(19-14)20-15(21)10-1-2-10/h3,7-8,10-11H,1-2,4-6,17H2,(H,18,19,20,21). The van der Waals surface area contributed by atoms with Gasteiger partial charge in [0.1, 0.15) is 0 Å². The second-order valence-corrected chi connectivity index (χ2v) is 7.06. The minimum atomic E-state index is 0.0865. The first kappa shape index (κ1) is 13.8. The average molecular weight is 314 g/mol. The van der Waals surface area contributed by atoms with Crippen LogP contribution in [0.2, 0.25) is 0 Å². The van der Waals surface area contributed by atoms with Gasteiger partial charge in [-0.3, -0.25) is 4.79 Å². The molecule has 6 heteroatoms. The highest BCUT2D eigenvalue weighted by atomic mass is 32.1. The molecule has 5 nitrogen and oxygen atoms in total. The van der Waals surface area contributed by atoms with Crippen LogP contribution in [0.3, 0.4) is 0 Å². The SMILES string of the molecule is NC1CC=C(c2ccnc3nc(NC(=O)C4CC4)sc23)CC1. The minimum absolute atomic E-state index is 0.0865. The molecular weight excluding hydrogens is 296 g/mol. The van der Waals surface area contributed by atoms with Crippen LogP contribution in [-0.4, -0.2) is 21.9 Å². The van der Waals surface area contributed by atoms with Gasteiger partial charge in [0.25, 0.3) is 0 Å². The zero-order valence-electron chi connectivity index (χ0n) is 12.2. The summed E-state index contributed by atoms with van der Waals surface area (Å²) in [5.41, 5.74) is 9.18. The van der Waals surface area contributed by atoms with Crippen LogP contribution in [0.25, 0.3) is 15.9 Å². The molecule has 0 saturated heterocycles. The highest BCUT2D eigenvalue weighted by molar-refractivity contribution is 7.22. The van der Waals surface area contributed by atoms with Gasteiger partial charge in [0.15, 0.2) is 10.8 Å². The maximum Gasteiger partial charge on any atom is 0.229 e. The van der Waals surface area contributed by atoms with E-state index in [4.69, 9.17) is 5.73 Å². The van der Waals surface area contributed by atoms with E-state index in [0.29, 0.717) is 10.8 Å². The number of hydrogen-bond acceptors (Lipinski definition) is 5. The summed E-state index contributed by atoms with van der Waals surface area (Å²) in [5.74, 6) is 0.269. The van der Waals surface area contributed by atoms with Crippen LogP contribution >= 0.6 is 11.3 Å². The molecule has 0 spiro atoms. The summed E-state index contributed by atoms with van der Waals surface area (Å²) in [6.45, 7) is 0. The van der Waals surface area contributed by atoms with Crippen molar-refractivity contribution in [2.45, 2.75) is 38.1 Å². The van der Waals surface area contributed by atoms with Crippen molar-refractivity contribution < 1.29 is 4.79 Å². The van der Waals surface area contributed by atoms with Gasteiger partial charge in [0.05, 0.1) is 4.70 Å². The number of thiazole rings is 1. The number of carbonyl (C=O) groups excluding carboxylic acids is 1. The molecule has 114 valence electrons. The number of pyridine rings is 1. The number of aromatic nitrogens is 2. The Balaban J connectivity index is 1.67. The van der Waals surface area contributed by atoms with Gasteiger partial charge in [0.2, 0.25) is 5.91 Å². The molecule has 0 aliphatic heterocycles. The Kier molecular flexibility index (Phi) is 3.43. The zero-order chi connectivity index (χ0) is 15.1. The summed E-state index contributed by atoms with van der Waals surface area (Å²) < 4.78 is 1.05. The van der Waals surface area contributed by atoms with Crippen molar-refractivity contribution in [1.82, 2.24) is 9.97 Å². The van der Waals surface area contributed by atoms with Gasteiger partial charge >= 0.3 is 0 Å². The number of nitrogens with two attached hydrogens (primary N) is 1. The predicted octanol–water partition coefficient (Wildman–Crippen LogP) is 2.93. The number of rotatable bonds is 3. The molecule has 0 bridgehead atoms. The van der Waals surface area contributed by atoms with E-state index in [1.807, 2.05) is 6.07 Å². The summed E-state index contributed by atoms with van der Waals surface area (Å²) in [6, 6.07) is 2.31. The van der Waals surface area contributed by atoms with Crippen molar-refractivity contribution in [3.05, 3.63) is 23.9 Å². The van der Waals surface area contributed by atoms with E-state index in [2.05, 4.69) is 21.4 Å².